The molecule has 0 aliphatic carbocycles. The fourth-order valence-corrected chi connectivity index (χ4v) is 14.0. The lowest BCUT2D eigenvalue weighted by Crippen LogP contribution is -2.63. The van der Waals surface area contributed by atoms with Crippen molar-refractivity contribution in [2.75, 3.05) is 18.0 Å². The summed E-state index contributed by atoms with van der Waals surface area (Å²) in [6.45, 7) is 20.1. The molecule has 6 rings (SSSR count). The molecule has 49 heavy (non-hydrogen) atoms. The molecule has 0 unspecified atom stereocenters. The number of hydrogen-bond acceptors (Lipinski definition) is 5. The first-order valence-corrected chi connectivity index (χ1v) is 20.2. The second kappa shape index (κ2) is 13.0. The minimum absolute atomic E-state index is 0.0102. The van der Waals surface area contributed by atoms with Gasteiger partial charge in [0.05, 0.1) is 27.8 Å². The predicted molar refractivity (Wildman–Crippen MR) is 201 cm³/mol. The van der Waals surface area contributed by atoms with Crippen LogP contribution in [0.4, 0.5) is 19.3 Å². The Morgan fingerprint density at radius 2 is 1.69 bits per heavy atom. The molecule has 2 aromatic carbocycles. The molecule has 0 bridgehead atoms. The molecular weight excluding hydrogens is 702 g/mol. The van der Waals surface area contributed by atoms with Crippen LogP contribution in [0.1, 0.15) is 74.3 Å². The SMILES string of the molecule is CC(C)[Si](C#Cc1c(F)ccc2cccc(-c3ncc4c(N5C[C@@H]6[C@H]5CCN6C(=O)OC(C)(C)C)c(Br)cnc4c3F)c12)(C(C)C)C(C)C. The van der Waals surface area contributed by atoms with Crippen LogP contribution in [0.3, 0.4) is 0 Å². The van der Waals surface area contributed by atoms with Gasteiger partial charge in [-0.05, 0) is 71.2 Å². The number of amides is 1. The molecule has 4 heterocycles. The number of benzene rings is 2. The summed E-state index contributed by atoms with van der Waals surface area (Å²) in [6.07, 6.45) is 3.74. The van der Waals surface area contributed by atoms with Gasteiger partial charge in [-0.25, -0.2) is 13.6 Å². The summed E-state index contributed by atoms with van der Waals surface area (Å²) < 4.78 is 38.9. The summed E-state index contributed by atoms with van der Waals surface area (Å²) in [5.74, 6) is 2.32. The van der Waals surface area contributed by atoms with Crippen molar-refractivity contribution in [2.45, 2.75) is 103 Å². The van der Waals surface area contributed by atoms with Gasteiger partial charge in [0, 0.05) is 41.8 Å². The highest BCUT2D eigenvalue weighted by atomic mass is 79.9. The standard InChI is InChI=1S/C39H45BrF2N4O2Si/c1-22(2)49(23(3)4,24(5)6)18-16-26-30(41)14-13-25-11-10-12-27(33(25)26)35-34(42)36-28(19-43-35)37(29(40)20-44-36)46-21-32-31(46)15-17-45(32)38(47)48-39(7,8)9/h10-14,19-20,22-24,31-32H,15,17,21H2,1-9H3/t31-,32-/m1/s1. The molecule has 1 amide bonds. The third-order valence-corrected chi connectivity index (χ3v) is 17.4. The van der Waals surface area contributed by atoms with E-state index in [2.05, 4.69) is 78.8 Å². The monoisotopic (exact) mass is 746 g/mol. The number of anilines is 1. The summed E-state index contributed by atoms with van der Waals surface area (Å²) in [4.78, 5) is 26.1. The molecule has 6 nitrogen and oxygen atoms in total. The maximum atomic E-state index is 16.7. The van der Waals surface area contributed by atoms with E-state index in [1.165, 1.54) is 6.07 Å². The number of likely N-dealkylation sites (tertiary alicyclic amines) is 1. The number of rotatable bonds is 5. The maximum Gasteiger partial charge on any atom is 0.410 e. The molecule has 2 aliphatic heterocycles. The number of carbonyl (C=O) groups is 1. The lowest BCUT2D eigenvalue weighted by molar-refractivity contribution is 0.0194. The summed E-state index contributed by atoms with van der Waals surface area (Å²) >= 11 is 3.66. The van der Waals surface area contributed by atoms with Crippen LogP contribution in [0, 0.1) is 23.1 Å². The molecule has 2 atom stereocenters. The van der Waals surface area contributed by atoms with Gasteiger partial charge in [0.1, 0.15) is 30.7 Å². The quantitative estimate of drug-likeness (QED) is 0.150. The minimum Gasteiger partial charge on any atom is -0.444 e. The van der Waals surface area contributed by atoms with Crippen molar-refractivity contribution in [1.29, 1.82) is 0 Å². The number of carbonyl (C=O) groups excluding carboxylic acids is 1. The topological polar surface area (TPSA) is 58.6 Å². The highest BCUT2D eigenvalue weighted by molar-refractivity contribution is 9.10. The fourth-order valence-electron chi connectivity index (χ4n) is 8.27. The van der Waals surface area contributed by atoms with Gasteiger partial charge in [-0.2, -0.15) is 0 Å². The highest BCUT2D eigenvalue weighted by Crippen LogP contribution is 2.45. The largest absolute Gasteiger partial charge is 0.444 e. The molecule has 0 spiro atoms. The fraction of sp³-hybridized carbons (Fsp3) is 0.462. The molecule has 2 aliphatic rings. The first-order valence-electron chi connectivity index (χ1n) is 17.2. The predicted octanol–water partition coefficient (Wildman–Crippen LogP) is 10.3. The number of nitrogens with zero attached hydrogens (tertiary/aromatic N) is 4. The first kappa shape index (κ1) is 35.3. The Morgan fingerprint density at radius 1 is 1.00 bits per heavy atom. The highest BCUT2D eigenvalue weighted by Gasteiger charge is 2.50. The van der Waals surface area contributed by atoms with Crippen molar-refractivity contribution in [3.05, 3.63) is 64.4 Å². The molecule has 2 aromatic heterocycles. The van der Waals surface area contributed by atoms with Crippen molar-refractivity contribution in [3.8, 4) is 22.7 Å². The van der Waals surface area contributed by atoms with Crippen LogP contribution < -0.4 is 4.90 Å². The number of hydrogen-bond donors (Lipinski definition) is 0. The van der Waals surface area contributed by atoms with Crippen molar-refractivity contribution in [2.24, 2.45) is 0 Å². The van der Waals surface area contributed by atoms with Gasteiger partial charge in [0.25, 0.3) is 0 Å². The average molecular weight is 748 g/mol. The van der Waals surface area contributed by atoms with Crippen molar-refractivity contribution < 1.29 is 18.3 Å². The second-order valence-electron chi connectivity index (χ2n) is 15.4. The third-order valence-electron chi connectivity index (χ3n) is 10.5. The molecule has 2 saturated heterocycles. The number of halogens is 3. The molecule has 10 heteroatoms. The normalized spacial score (nSPS) is 17.9. The third kappa shape index (κ3) is 6.01. The second-order valence-corrected chi connectivity index (χ2v) is 21.8. The molecule has 258 valence electrons. The van der Waals surface area contributed by atoms with E-state index >= 15 is 8.78 Å². The van der Waals surface area contributed by atoms with Gasteiger partial charge < -0.3 is 14.5 Å². The summed E-state index contributed by atoms with van der Waals surface area (Å²) in [7, 11) is -2.18. The van der Waals surface area contributed by atoms with Crippen molar-refractivity contribution in [3.63, 3.8) is 0 Å². The van der Waals surface area contributed by atoms with E-state index in [9.17, 15) is 4.79 Å². The Bertz CT molecular complexity index is 1990. The zero-order valence-electron chi connectivity index (χ0n) is 29.8. The number of fused-ring (bicyclic) bond motifs is 3. The lowest BCUT2D eigenvalue weighted by atomic mass is 9.94. The molecule has 0 N–H and O–H groups in total. The van der Waals surface area contributed by atoms with Gasteiger partial charge >= 0.3 is 6.09 Å². The molecule has 2 fully saturated rings. The van der Waals surface area contributed by atoms with Gasteiger partial charge in [0.2, 0.25) is 0 Å². The van der Waals surface area contributed by atoms with Crippen LogP contribution in [-0.2, 0) is 4.74 Å². The smallest absolute Gasteiger partial charge is 0.410 e. The molecule has 4 aromatic rings. The van der Waals surface area contributed by atoms with E-state index in [1.807, 2.05) is 32.9 Å². The van der Waals surface area contributed by atoms with E-state index in [0.29, 0.717) is 46.0 Å². The zero-order chi connectivity index (χ0) is 35.6. The Kier molecular flexibility index (Phi) is 9.33. The van der Waals surface area contributed by atoms with E-state index in [4.69, 9.17) is 9.72 Å². The van der Waals surface area contributed by atoms with E-state index in [-0.39, 0.29) is 35.0 Å². The zero-order valence-corrected chi connectivity index (χ0v) is 32.4. The van der Waals surface area contributed by atoms with Crippen LogP contribution in [0.2, 0.25) is 16.6 Å². The van der Waals surface area contributed by atoms with Gasteiger partial charge in [-0.15, -0.1) is 5.54 Å². The summed E-state index contributed by atoms with van der Waals surface area (Å²) in [6, 6.07) is 8.76. The van der Waals surface area contributed by atoms with Crippen molar-refractivity contribution in [1.82, 2.24) is 14.9 Å². The number of aromatic nitrogens is 2. The van der Waals surface area contributed by atoms with Crippen LogP contribution in [0.25, 0.3) is 32.9 Å². The van der Waals surface area contributed by atoms with E-state index < -0.39 is 25.3 Å². The van der Waals surface area contributed by atoms with Crippen LogP contribution in [0.15, 0.2) is 47.2 Å². The molecule has 0 radical (unpaired) electrons. The Hall–Kier alpha value is -3.55. The van der Waals surface area contributed by atoms with Gasteiger partial charge in [0.15, 0.2) is 5.82 Å². The van der Waals surface area contributed by atoms with Crippen LogP contribution >= 0.6 is 15.9 Å². The lowest BCUT2D eigenvalue weighted by Gasteiger charge is -2.48. The number of pyridine rings is 2. The first-order chi connectivity index (χ1) is 23.1. The maximum absolute atomic E-state index is 16.7. The number of ether oxygens (including phenoxy) is 1. The average Bonchev–Trinajstić information content (AvgIpc) is 3.34. The van der Waals surface area contributed by atoms with Gasteiger partial charge in [-0.1, -0.05) is 71.7 Å². The van der Waals surface area contributed by atoms with Crippen molar-refractivity contribution >= 4 is 57.5 Å². The van der Waals surface area contributed by atoms with Crippen LogP contribution in [-0.4, -0.2) is 59.8 Å². The Balaban J connectivity index is 1.43. The minimum atomic E-state index is -2.18. The van der Waals surface area contributed by atoms with E-state index in [1.54, 1.807) is 29.4 Å². The Morgan fingerprint density at radius 3 is 2.35 bits per heavy atom. The molecule has 0 saturated carbocycles. The summed E-state index contributed by atoms with van der Waals surface area (Å²) in [5, 5.41) is 1.89. The Labute approximate surface area is 297 Å². The molecular formula is C39H45BrF2N4O2Si. The van der Waals surface area contributed by atoms with Crippen LogP contribution in [0.5, 0.6) is 0 Å². The van der Waals surface area contributed by atoms with Gasteiger partial charge in [-0.3, -0.25) is 9.97 Å². The summed E-state index contributed by atoms with van der Waals surface area (Å²) in [5.41, 5.74) is 6.05. The van der Waals surface area contributed by atoms with E-state index in [0.717, 1.165) is 22.0 Å².